The average molecular weight is 264 g/mol. The first-order valence-corrected chi connectivity index (χ1v) is 5.70. The van der Waals surface area contributed by atoms with E-state index in [4.69, 9.17) is 6.42 Å². The van der Waals surface area contributed by atoms with E-state index in [0.717, 1.165) is 24.6 Å². The zero-order valence-electron chi connectivity index (χ0n) is 10.4. The number of nitro benzene ring substituents is 1. The molecule has 0 saturated carbocycles. The number of non-ortho nitro benzene ring substituents is 1. The lowest BCUT2D eigenvalue weighted by molar-refractivity contribution is -0.385. The van der Waals surface area contributed by atoms with Crippen LogP contribution in [-0.2, 0) is 0 Å². The van der Waals surface area contributed by atoms with Crippen LogP contribution in [0.5, 0.6) is 0 Å². The monoisotopic (exact) mass is 264 g/mol. The Balaban J connectivity index is 2.94. The summed E-state index contributed by atoms with van der Waals surface area (Å²) in [6.45, 7) is 1.91. The van der Waals surface area contributed by atoms with E-state index in [-0.39, 0.29) is 5.56 Å². The maximum atomic E-state index is 13.2. The molecular formula is C13H13FN2O3. The summed E-state index contributed by atoms with van der Waals surface area (Å²) in [7, 11) is 0. The normalized spacial score (nSPS) is 11.4. The van der Waals surface area contributed by atoms with E-state index < -0.39 is 28.4 Å². The van der Waals surface area contributed by atoms with Gasteiger partial charge in [0.25, 0.3) is 11.6 Å². The Kier molecular flexibility index (Phi) is 5.01. The Labute approximate surface area is 110 Å². The van der Waals surface area contributed by atoms with Crippen molar-refractivity contribution >= 4 is 11.6 Å². The lowest BCUT2D eigenvalue weighted by Crippen LogP contribution is -2.33. The van der Waals surface area contributed by atoms with Gasteiger partial charge in [0.15, 0.2) is 0 Å². The van der Waals surface area contributed by atoms with Crippen molar-refractivity contribution < 1.29 is 14.1 Å². The molecule has 19 heavy (non-hydrogen) atoms. The number of amides is 1. The zero-order chi connectivity index (χ0) is 14.4. The number of carbonyl (C=O) groups excluding carboxylic acids is 1. The SMILES string of the molecule is C#CC(CCC)NC(=O)c1cc(F)cc([N+](=O)[O-])c1. The van der Waals surface area contributed by atoms with Crippen molar-refractivity contribution in [2.75, 3.05) is 0 Å². The fourth-order valence-corrected chi connectivity index (χ4v) is 1.54. The summed E-state index contributed by atoms with van der Waals surface area (Å²) in [5.74, 6) is 0.929. The Morgan fingerprint density at radius 1 is 1.58 bits per heavy atom. The highest BCUT2D eigenvalue weighted by atomic mass is 19.1. The van der Waals surface area contributed by atoms with Crippen LogP contribution in [0.25, 0.3) is 0 Å². The molecule has 6 heteroatoms. The summed E-state index contributed by atoms with van der Waals surface area (Å²) < 4.78 is 13.2. The highest BCUT2D eigenvalue weighted by Crippen LogP contribution is 2.16. The van der Waals surface area contributed by atoms with Gasteiger partial charge >= 0.3 is 0 Å². The number of nitro groups is 1. The van der Waals surface area contributed by atoms with Crippen LogP contribution in [0.15, 0.2) is 18.2 Å². The van der Waals surface area contributed by atoms with Crippen molar-refractivity contribution in [3.63, 3.8) is 0 Å². The summed E-state index contributed by atoms with van der Waals surface area (Å²) in [6, 6.07) is 2.22. The van der Waals surface area contributed by atoms with Gasteiger partial charge in [-0.05, 0) is 12.5 Å². The maximum absolute atomic E-state index is 13.2. The van der Waals surface area contributed by atoms with E-state index in [1.165, 1.54) is 0 Å². The summed E-state index contributed by atoms with van der Waals surface area (Å²) in [6.07, 6.45) is 6.61. The molecule has 0 aromatic heterocycles. The third-order valence-electron chi connectivity index (χ3n) is 2.44. The van der Waals surface area contributed by atoms with Gasteiger partial charge in [0.1, 0.15) is 5.82 Å². The molecule has 1 amide bonds. The lowest BCUT2D eigenvalue weighted by Gasteiger charge is -2.11. The molecule has 1 N–H and O–H groups in total. The smallest absolute Gasteiger partial charge is 0.273 e. The quantitative estimate of drug-likeness (QED) is 0.503. The standard InChI is InChI=1S/C13H13FN2O3/c1-3-5-11(4-2)15-13(17)9-6-10(14)8-12(7-9)16(18)19/h2,6-8,11H,3,5H2,1H3,(H,15,17). The number of hydrogen-bond acceptors (Lipinski definition) is 3. The van der Waals surface area contributed by atoms with Crippen LogP contribution in [0.3, 0.4) is 0 Å². The first-order valence-electron chi connectivity index (χ1n) is 5.70. The van der Waals surface area contributed by atoms with Gasteiger partial charge in [-0.1, -0.05) is 19.3 Å². The second kappa shape index (κ2) is 6.50. The minimum atomic E-state index is -0.841. The number of rotatable bonds is 5. The zero-order valence-corrected chi connectivity index (χ0v) is 10.4. The van der Waals surface area contributed by atoms with Gasteiger partial charge < -0.3 is 5.32 Å². The van der Waals surface area contributed by atoms with Crippen molar-refractivity contribution in [1.82, 2.24) is 5.32 Å². The van der Waals surface area contributed by atoms with Gasteiger partial charge in [-0.15, -0.1) is 6.42 Å². The highest BCUT2D eigenvalue weighted by Gasteiger charge is 2.16. The van der Waals surface area contributed by atoms with E-state index >= 15 is 0 Å². The van der Waals surface area contributed by atoms with Crippen molar-refractivity contribution in [3.05, 3.63) is 39.7 Å². The third-order valence-corrected chi connectivity index (χ3v) is 2.44. The predicted octanol–water partition coefficient (Wildman–Crippen LogP) is 2.27. The molecule has 1 rings (SSSR count). The molecule has 0 spiro atoms. The van der Waals surface area contributed by atoms with Gasteiger partial charge in [-0.25, -0.2) is 4.39 Å². The molecule has 0 heterocycles. The molecular weight excluding hydrogens is 251 g/mol. The van der Waals surface area contributed by atoms with Gasteiger partial charge in [-0.3, -0.25) is 14.9 Å². The Bertz CT molecular complexity index is 537. The van der Waals surface area contributed by atoms with Gasteiger partial charge in [-0.2, -0.15) is 0 Å². The first-order chi connectivity index (χ1) is 8.97. The van der Waals surface area contributed by atoms with Crippen LogP contribution >= 0.6 is 0 Å². The maximum Gasteiger partial charge on any atom is 0.273 e. The number of carbonyl (C=O) groups is 1. The fourth-order valence-electron chi connectivity index (χ4n) is 1.54. The molecule has 1 atom stereocenters. The second-order valence-corrected chi connectivity index (χ2v) is 3.94. The largest absolute Gasteiger partial charge is 0.338 e. The van der Waals surface area contributed by atoms with E-state index in [9.17, 15) is 19.3 Å². The van der Waals surface area contributed by atoms with Crippen molar-refractivity contribution in [1.29, 1.82) is 0 Å². The summed E-state index contributed by atoms with van der Waals surface area (Å²) >= 11 is 0. The molecule has 0 fully saturated rings. The van der Waals surface area contributed by atoms with Crippen molar-refractivity contribution in [3.8, 4) is 12.3 Å². The van der Waals surface area contributed by atoms with E-state index in [1.54, 1.807) is 0 Å². The molecule has 0 radical (unpaired) electrons. The molecule has 5 nitrogen and oxygen atoms in total. The lowest BCUT2D eigenvalue weighted by atomic mass is 10.1. The van der Waals surface area contributed by atoms with Crippen LogP contribution in [0.2, 0.25) is 0 Å². The van der Waals surface area contributed by atoms with Crippen LogP contribution in [-0.4, -0.2) is 16.9 Å². The summed E-state index contributed by atoms with van der Waals surface area (Å²) in [4.78, 5) is 21.6. The van der Waals surface area contributed by atoms with E-state index in [2.05, 4.69) is 11.2 Å². The van der Waals surface area contributed by atoms with Crippen molar-refractivity contribution in [2.45, 2.75) is 25.8 Å². The molecule has 1 aromatic carbocycles. The Hall–Kier alpha value is -2.42. The third kappa shape index (κ3) is 4.07. The summed E-state index contributed by atoms with van der Waals surface area (Å²) in [5.41, 5.74) is -0.596. The van der Waals surface area contributed by atoms with Gasteiger partial charge in [0.2, 0.25) is 0 Å². The molecule has 0 aliphatic heterocycles. The first kappa shape index (κ1) is 14.6. The van der Waals surface area contributed by atoms with E-state index in [1.807, 2.05) is 6.92 Å². The molecule has 1 aromatic rings. The molecule has 100 valence electrons. The minimum Gasteiger partial charge on any atom is -0.338 e. The van der Waals surface area contributed by atoms with Crippen molar-refractivity contribution in [2.24, 2.45) is 0 Å². The number of halogens is 1. The Morgan fingerprint density at radius 2 is 2.26 bits per heavy atom. The predicted molar refractivity (Wildman–Crippen MR) is 68.0 cm³/mol. The molecule has 0 aliphatic carbocycles. The highest BCUT2D eigenvalue weighted by molar-refractivity contribution is 5.95. The topological polar surface area (TPSA) is 72.2 Å². The number of hydrogen-bond donors (Lipinski definition) is 1. The number of nitrogens with zero attached hydrogens (tertiary/aromatic N) is 1. The fraction of sp³-hybridized carbons (Fsp3) is 0.308. The van der Waals surface area contributed by atoms with Crippen LogP contribution in [0.4, 0.5) is 10.1 Å². The van der Waals surface area contributed by atoms with Crippen LogP contribution < -0.4 is 5.32 Å². The average Bonchev–Trinajstić information content (AvgIpc) is 2.37. The van der Waals surface area contributed by atoms with Crippen LogP contribution in [0.1, 0.15) is 30.1 Å². The molecule has 1 unspecified atom stereocenters. The van der Waals surface area contributed by atoms with Gasteiger partial charge in [0.05, 0.1) is 17.0 Å². The van der Waals surface area contributed by atoms with Gasteiger partial charge in [0, 0.05) is 11.6 Å². The number of nitrogens with one attached hydrogen (secondary N) is 1. The number of benzene rings is 1. The molecule has 0 saturated heterocycles. The van der Waals surface area contributed by atoms with Crippen LogP contribution in [0, 0.1) is 28.3 Å². The Morgan fingerprint density at radius 3 is 2.79 bits per heavy atom. The summed E-state index contributed by atoms with van der Waals surface area (Å²) in [5, 5.41) is 13.1. The molecule has 0 aliphatic rings. The number of terminal acetylenes is 1. The minimum absolute atomic E-state index is 0.122. The molecule has 0 bridgehead atoms. The van der Waals surface area contributed by atoms with E-state index in [0.29, 0.717) is 6.42 Å². The second-order valence-electron chi connectivity index (χ2n) is 3.94.